The van der Waals surface area contributed by atoms with Gasteiger partial charge in [0.25, 0.3) is 10.1 Å². The van der Waals surface area contributed by atoms with E-state index in [0.29, 0.717) is 0 Å². The minimum Gasteiger partial charge on any atom is -0.497 e. The van der Waals surface area contributed by atoms with Crippen LogP contribution in [0.25, 0.3) is 0 Å². The lowest BCUT2D eigenvalue weighted by Crippen LogP contribution is -2.50. The predicted molar refractivity (Wildman–Crippen MR) is 122 cm³/mol. The highest BCUT2D eigenvalue weighted by Gasteiger charge is 2.45. The van der Waals surface area contributed by atoms with E-state index in [1.54, 1.807) is 13.2 Å². The highest BCUT2D eigenvalue weighted by Crippen LogP contribution is 2.41. The number of methoxy groups -OCH3 is 1. The van der Waals surface area contributed by atoms with Gasteiger partial charge in [0.05, 0.1) is 31.7 Å². The smallest absolute Gasteiger partial charge is 0.264 e. The van der Waals surface area contributed by atoms with Gasteiger partial charge in [-0.25, -0.2) is 0 Å². The Labute approximate surface area is 187 Å². The number of hydrogen-bond donors (Lipinski definition) is 0. The van der Waals surface area contributed by atoms with Gasteiger partial charge in [0.15, 0.2) is 6.29 Å². The molecule has 1 aliphatic rings. The predicted octanol–water partition coefficient (Wildman–Crippen LogP) is 4.74. The van der Waals surface area contributed by atoms with Crippen molar-refractivity contribution in [2.45, 2.75) is 52.3 Å². The van der Waals surface area contributed by atoms with Crippen molar-refractivity contribution in [1.82, 2.24) is 0 Å². The Hall–Kier alpha value is -1.67. The van der Waals surface area contributed by atoms with Gasteiger partial charge in [-0.2, -0.15) is 8.42 Å². The molecule has 0 radical (unpaired) electrons. The second-order valence-corrected chi connectivity index (χ2v) is 10.1. The lowest BCUT2D eigenvalue weighted by Gasteiger charge is -2.46. The third-order valence-electron chi connectivity index (χ3n) is 6.09. The van der Waals surface area contributed by atoms with E-state index in [4.69, 9.17) is 18.4 Å². The molecule has 174 valence electrons. The van der Waals surface area contributed by atoms with E-state index in [2.05, 4.69) is 27.0 Å². The van der Waals surface area contributed by atoms with Crippen LogP contribution in [-0.2, 0) is 23.8 Å². The van der Waals surface area contributed by atoms with Crippen molar-refractivity contribution in [2.24, 2.45) is 23.7 Å². The number of hydrogen-bond acceptors (Lipinski definition) is 6. The molecule has 7 heteroatoms. The lowest BCUT2D eigenvalue weighted by atomic mass is 9.78. The summed E-state index contributed by atoms with van der Waals surface area (Å²) >= 11 is 0. The van der Waals surface area contributed by atoms with Gasteiger partial charge in [0, 0.05) is 29.2 Å². The first-order valence-electron chi connectivity index (χ1n) is 10.6. The molecule has 8 atom stereocenters. The standard InChI is InChI=1S/C24H36O6S/c1-9-15(3)21-17(5)23(18(6)22(16(4)10-2)30-31(8,25)26)29-24(28-21)19-11-13-20(27-7)14-12-19/h9-18,21-24H,1-2H2,3-8H3/t15-,16-,17+,18+,21-,22-,23-,24-/m0/s1. The molecule has 0 spiro atoms. The van der Waals surface area contributed by atoms with Crippen LogP contribution in [0.3, 0.4) is 0 Å². The topological polar surface area (TPSA) is 71.1 Å². The molecule has 1 saturated heterocycles. The quantitative estimate of drug-likeness (QED) is 0.377. The van der Waals surface area contributed by atoms with E-state index >= 15 is 0 Å². The Balaban J connectivity index is 2.40. The Morgan fingerprint density at radius 2 is 1.61 bits per heavy atom. The fraction of sp³-hybridized carbons (Fsp3) is 0.583. The van der Waals surface area contributed by atoms with Crippen LogP contribution in [0.15, 0.2) is 49.6 Å². The van der Waals surface area contributed by atoms with Crippen molar-refractivity contribution in [1.29, 1.82) is 0 Å². The first-order valence-corrected chi connectivity index (χ1v) is 12.4. The van der Waals surface area contributed by atoms with Crippen molar-refractivity contribution in [3.05, 3.63) is 55.1 Å². The van der Waals surface area contributed by atoms with Crippen LogP contribution in [0.2, 0.25) is 0 Å². The summed E-state index contributed by atoms with van der Waals surface area (Å²) < 4.78 is 47.4. The molecule has 2 rings (SSSR count). The average Bonchev–Trinajstić information content (AvgIpc) is 2.75. The fourth-order valence-electron chi connectivity index (χ4n) is 4.19. The van der Waals surface area contributed by atoms with Crippen LogP contribution in [0.4, 0.5) is 0 Å². The second kappa shape index (κ2) is 10.8. The van der Waals surface area contributed by atoms with E-state index in [0.717, 1.165) is 17.6 Å². The zero-order chi connectivity index (χ0) is 23.3. The first-order chi connectivity index (χ1) is 14.5. The highest BCUT2D eigenvalue weighted by molar-refractivity contribution is 7.86. The summed E-state index contributed by atoms with van der Waals surface area (Å²) in [6.45, 7) is 15.7. The number of rotatable bonds is 10. The lowest BCUT2D eigenvalue weighted by molar-refractivity contribution is -0.291. The Kier molecular flexibility index (Phi) is 8.89. The van der Waals surface area contributed by atoms with Crippen molar-refractivity contribution < 1.29 is 26.8 Å². The molecular weight excluding hydrogens is 416 g/mol. The third kappa shape index (κ3) is 6.42. The molecule has 0 aromatic heterocycles. The second-order valence-electron chi connectivity index (χ2n) is 8.48. The SMILES string of the molecule is C=C[C@H](C)[C@@H]1O[C@H](c2ccc(OC)cc2)O[C@H]([C@H](C)[C@@H](OS(C)(=O)=O)[C@@H](C)C=C)[C@@H]1C. The highest BCUT2D eigenvalue weighted by atomic mass is 32.2. The molecule has 0 saturated carbocycles. The monoisotopic (exact) mass is 452 g/mol. The largest absolute Gasteiger partial charge is 0.497 e. The van der Waals surface area contributed by atoms with Crippen molar-refractivity contribution in [2.75, 3.05) is 13.4 Å². The van der Waals surface area contributed by atoms with Gasteiger partial charge in [-0.1, -0.05) is 52.0 Å². The fourth-order valence-corrected chi connectivity index (χ4v) is 4.94. The minimum absolute atomic E-state index is 0.0137. The van der Waals surface area contributed by atoms with Gasteiger partial charge < -0.3 is 14.2 Å². The zero-order valence-corrected chi connectivity index (χ0v) is 20.2. The molecule has 6 nitrogen and oxygen atoms in total. The minimum atomic E-state index is -3.65. The summed E-state index contributed by atoms with van der Waals surface area (Å²) in [7, 11) is -2.03. The summed E-state index contributed by atoms with van der Waals surface area (Å²) in [6.07, 6.45) is 3.00. The Morgan fingerprint density at radius 3 is 2.10 bits per heavy atom. The van der Waals surface area contributed by atoms with Crippen LogP contribution < -0.4 is 4.74 Å². The molecular formula is C24H36O6S. The molecule has 1 heterocycles. The van der Waals surface area contributed by atoms with Gasteiger partial charge in [0.1, 0.15) is 5.75 Å². The third-order valence-corrected chi connectivity index (χ3v) is 6.66. The summed E-state index contributed by atoms with van der Waals surface area (Å²) in [5, 5.41) is 0. The molecule has 1 aromatic rings. The molecule has 0 bridgehead atoms. The van der Waals surface area contributed by atoms with Crippen LogP contribution in [0, 0.1) is 23.7 Å². The first kappa shape index (κ1) is 25.6. The van der Waals surface area contributed by atoms with Crippen LogP contribution in [0.1, 0.15) is 39.5 Å². The molecule has 0 aliphatic carbocycles. The van der Waals surface area contributed by atoms with E-state index in [-0.39, 0.29) is 35.9 Å². The molecule has 0 unspecified atom stereocenters. The molecule has 0 amide bonds. The van der Waals surface area contributed by atoms with Crippen LogP contribution >= 0.6 is 0 Å². The van der Waals surface area contributed by atoms with Gasteiger partial charge in [0.2, 0.25) is 0 Å². The van der Waals surface area contributed by atoms with E-state index in [1.807, 2.05) is 44.2 Å². The van der Waals surface area contributed by atoms with Crippen LogP contribution in [-0.4, -0.2) is 40.1 Å². The summed E-state index contributed by atoms with van der Waals surface area (Å²) in [4.78, 5) is 0. The van der Waals surface area contributed by atoms with E-state index < -0.39 is 22.5 Å². The molecule has 1 fully saturated rings. The molecule has 1 aliphatic heterocycles. The average molecular weight is 453 g/mol. The van der Waals surface area contributed by atoms with E-state index in [1.165, 1.54) is 0 Å². The molecule has 0 N–H and O–H groups in total. The number of ether oxygens (including phenoxy) is 3. The Bertz CT molecular complexity index is 834. The molecule has 1 aromatic carbocycles. The maximum Gasteiger partial charge on any atom is 0.264 e. The van der Waals surface area contributed by atoms with Crippen molar-refractivity contribution in [3.63, 3.8) is 0 Å². The molecule has 31 heavy (non-hydrogen) atoms. The summed E-state index contributed by atoms with van der Waals surface area (Å²) in [5.41, 5.74) is 0.864. The summed E-state index contributed by atoms with van der Waals surface area (Å²) in [5.74, 6) is 0.399. The van der Waals surface area contributed by atoms with Gasteiger partial charge >= 0.3 is 0 Å². The Morgan fingerprint density at radius 1 is 1.03 bits per heavy atom. The van der Waals surface area contributed by atoms with Gasteiger partial charge in [-0.15, -0.1) is 13.2 Å². The van der Waals surface area contributed by atoms with Gasteiger partial charge in [-0.05, 0) is 12.1 Å². The van der Waals surface area contributed by atoms with Gasteiger partial charge in [-0.3, -0.25) is 4.18 Å². The summed E-state index contributed by atoms with van der Waals surface area (Å²) in [6, 6.07) is 7.54. The maximum atomic E-state index is 11.9. The zero-order valence-electron chi connectivity index (χ0n) is 19.4. The normalized spacial score (nSPS) is 28.2. The van der Waals surface area contributed by atoms with E-state index in [9.17, 15) is 8.42 Å². The van der Waals surface area contributed by atoms with Crippen molar-refractivity contribution >= 4 is 10.1 Å². The maximum absolute atomic E-state index is 11.9. The van der Waals surface area contributed by atoms with Crippen LogP contribution in [0.5, 0.6) is 5.75 Å². The van der Waals surface area contributed by atoms with Crippen molar-refractivity contribution in [3.8, 4) is 5.75 Å². The number of benzene rings is 1.